The van der Waals surface area contributed by atoms with Crippen LogP contribution in [0.25, 0.3) is 11.0 Å². The second-order valence-electron chi connectivity index (χ2n) is 7.16. The summed E-state index contributed by atoms with van der Waals surface area (Å²) in [6.07, 6.45) is -2.61. The molecule has 10 heteroatoms. The number of aromatic nitrogens is 3. The molecule has 2 aromatic heterocycles. The average Bonchev–Trinajstić information content (AvgIpc) is 3.29. The molecule has 0 saturated carbocycles. The minimum absolute atomic E-state index is 0.172. The van der Waals surface area contributed by atoms with Gasteiger partial charge in [-0.05, 0) is 30.7 Å². The van der Waals surface area contributed by atoms with Gasteiger partial charge in [0.2, 0.25) is 5.91 Å². The Labute approximate surface area is 184 Å². The molecular formula is C22H19F3N4O2S. The van der Waals surface area contributed by atoms with Crippen molar-refractivity contribution in [2.75, 3.05) is 5.32 Å². The van der Waals surface area contributed by atoms with Crippen LogP contribution in [-0.2, 0) is 30.5 Å². The number of alkyl halides is 3. The van der Waals surface area contributed by atoms with Gasteiger partial charge in [0.25, 0.3) is 0 Å². The van der Waals surface area contributed by atoms with E-state index < -0.39 is 17.6 Å². The quantitative estimate of drug-likeness (QED) is 0.460. The third-order valence-corrected chi connectivity index (χ3v) is 5.89. The second kappa shape index (κ2) is 8.62. The van der Waals surface area contributed by atoms with Crippen molar-refractivity contribution in [3.8, 4) is 0 Å². The van der Waals surface area contributed by atoms with E-state index in [4.69, 9.17) is 0 Å². The van der Waals surface area contributed by atoms with Crippen LogP contribution in [0, 0.1) is 0 Å². The second-order valence-corrected chi connectivity index (χ2v) is 8.27. The normalized spacial score (nSPS) is 11.8. The molecule has 0 aliphatic rings. The van der Waals surface area contributed by atoms with Crippen LogP contribution in [0.2, 0.25) is 0 Å². The van der Waals surface area contributed by atoms with Gasteiger partial charge in [-0.3, -0.25) is 13.9 Å². The number of rotatable bonds is 6. The Hall–Kier alpha value is -3.40. The van der Waals surface area contributed by atoms with Crippen molar-refractivity contribution < 1.29 is 18.0 Å². The molecule has 2 aromatic carbocycles. The third kappa shape index (κ3) is 4.45. The summed E-state index contributed by atoms with van der Waals surface area (Å²) in [5.41, 5.74) is 0.947. The maximum absolute atomic E-state index is 12.9. The molecule has 32 heavy (non-hydrogen) atoms. The zero-order valence-electron chi connectivity index (χ0n) is 17.0. The summed E-state index contributed by atoms with van der Waals surface area (Å²) in [6, 6.07) is 12.4. The van der Waals surface area contributed by atoms with E-state index in [0.29, 0.717) is 27.6 Å². The van der Waals surface area contributed by atoms with Gasteiger partial charge in [0, 0.05) is 24.0 Å². The van der Waals surface area contributed by atoms with Gasteiger partial charge in [-0.15, -0.1) is 11.3 Å². The van der Waals surface area contributed by atoms with Crippen molar-refractivity contribution in [2.45, 2.75) is 32.6 Å². The van der Waals surface area contributed by atoms with Gasteiger partial charge in [0.15, 0.2) is 5.13 Å². The topological polar surface area (TPSA) is 68.9 Å². The van der Waals surface area contributed by atoms with Crippen molar-refractivity contribution in [2.24, 2.45) is 0 Å². The highest BCUT2D eigenvalue weighted by Crippen LogP contribution is 2.30. The number of para-hydroxylation sites is 2. The smallest absolute Gasteiger partial charge is 0.300 e. The summed E-state index contributed by atoms with van der Waals surface area (Å²) in [5, 5.41) is 2.99. The number of anilines is 1. The fraction of sp³-hybridized carbons (Fsp3) is 0.227. The number of benzene rings is 2. The van der Waals surface area contributed by atoms with Crippen molar-refractivity contribution in [3.05, 3.63) is 81.2 Å². The number of amides is 1. The summed E-state index contributed by atoms with van der Waals surface area (Å²) in [7, 11) is 0. The van der Waals surface area contributed by atoms with Crippen LogP contribution >= 0.6 is 11.3 Å². The Kier molecular flexibility index (Phi) is 5.88. The number of hydrogen-bond acceptors (Lipinski definition) is 4. The Morgan fingerprint density at radius 2 is 1.81 bits per heavy atom. The molecule has 0 atom stereocenters. The lowest BCUT2D eigenvalue weighted by Gasteiger charge is -2.07. The Morgan fingerprint density at radius 3 is 2.50 bits per heavy atom. The first kappa shape index (κ1) is 21.8. The molecule has 0 aliphatic heterocycles. The van der Waals surface area contributed by atoms with Gasteiger partial charge in [-0.2, -0.15) is 13.2 Å². The van der Waals surface area contributed by atoms with Crippen molar-refractivity contribution in [1.29, 1.82) is 0 Å². The molecule has 0 fully saturated rings. The molecule has 0 unspecified atom stereocenters. The highest BCUT2D eigenvalue weighted by atomic mass is 32.1. The van der Waals surface area contributed by atoms with E-state index in [2.05, 4.69) is 10.3 Å². The molecule has 2 heterocycles. The molecule has 1 N–H and O–H groups in total. The molecule has 1 amide bonds. The SMILES string of the molecule is CCn1c(=O)n(CC(=O)Nc2ncc(Cc3cccc(C(F)(F)F)c3)s2)c2ccccc21. The first-order chi connectivity index (χ1) is 15.3. The van der Waals surface area contributed by atoms with E-state index in [1.807, 2.05) is 19.1 Å². The number of fused-ring (bicyclic) bond motifs is 1. The Bertz CT molecular complexity index is 1340. The van der Waals surface area contributed by atoms with Gasteiger partial charge in [0.05, 0.1) is 16.6 Å². The van der Waals surface area contributed by atoms with Gasteiger partial charge < -0.3 is 5.32 Å². The van der Waals surface area contributed by atoms with Crippen LogP contribution < -0.4 is 11.0 Å². The summed E-state index contributed by atoms with van der Waals surface area (Å²) < 4.78 is 41.7. The minimum atomic E-state index is -4.40. The van der Waals surface area contributed by atoms with Gasteiger partial charge in [-0.1, -0.05) is 30.3 Å². The number of carbonyl (C=O) groups is 1. The molecule has 0 saturated heterocycles. The summed E-state index contributed by atoms with van der Waals surface area (Å²) >= 11 is 1.18. The minimum Gasteiger partial charge on any atom is -0.300 e. The van der Waals surface area contributed by atoms with Gasteiger partial charge >= 0.3 is 11.9 Å². The predicted molar refractivity (Wildman–Crippen MR) is 117 cm³/mol. The lowest BCUT2D eigenvalue weighted by molar-refractivity contribution is -0.137. The van der Waals surface area contributed by atoms with E-state index in [1.165, 1.54) is 28.2 Å². The van der Waals surface area contributed by atoms with Crippen LogP contribution in [0.15, 0.2) is 59.5 Å². The van der Waals surface area contributed by atoms with E-state index in [1.54, 1.807) is 22.8 Å². The summed E-state index contributed by atoms with van der Waals surface area (Å²) in [4.78, 5) is 30.1. The number of carbonyl (C=O) groups excluding carboxylic acids is 1. The van der Waals surface area contributed by atoms with Crippen LogP contribution in [0.5, 0.6) is 0 Å². The van der Waals surface area contributed by atoms with Crippen LogP contribution in [0.3, 0.4) is 0 Å². The number of nitrogens with one attached hydrogen (secondary N) is 1. The fourth-order valence-corrected chi connectivity index (χ4v) is 4.40. The standard InChI is InChI=1S/C22H19F3N4O2S/c1-2-28-17-8-3-4-9-18(17)29(21(28)31)13-19(30)27-20-26-12-16(32-20)11-14-6-5-7-15(10-14)22(23,24)25/h3-10,12H,2,11,13H2,1H3,(H,26,27,30). The Balaban J connectivity index is 1.47. The van der Waals surface area contributed by atoms with E-state index in [9.17, 15) is 22.8 Å². The maximum atomic E-state index is 12.9. The number of thiazole rings is 1. The lowest BCUT2D eigenvalue weighted by atomic mass is 10.1. The largest absolute Gasteiger partial charge is 0.416 e. The third-order valence-electron chi connectivity index (χ3n) is 4.98. The molecular weight excluding hydrogens is 441 g/mol. The van der Waals surface area contributed by atoms with E-state index >= 15 is 0 Å². The molecule has 0 spiro atoms. The van der Waals surface area contributed by atoms with Crippen molar-refractivity contribution in [3.63, 3.8) is 0 Å². The highest BCUT2D eigenvalue weighted by Gasteiger charge is 2.30. The van der Waals surface area contributed by atoms with Crippen LogP contribution in [-0.4, -0.2) is 20.0 Å². The number of hydrogen-bond donors (Lipinski definition) is 1. The van der Waals surface area contributed by atoms with Gasteiger partial charge in [0.1, 0.15) is 6.54 Å². The zero-order valence-corrected chi connectivity index (χ0v) is 17.8. The summed E-state index contributed by atoms with van der Waals surface area (Å²) in [5.74, 6) is -0.411. The fourth-order valence-electron chi connectivity index (χ4n) is 3.54. The lowest BCUT2D eigenvalue weighted by Crippen LogP contribution is -2.29. The van der Waals surface area contributed by atoms with Gasteiger partial charge in [-0.25, -0.2) is 9.78 Å². The van der Waals surface area contributed by atoms with E-state index in [0.717, 1.165) is 17.6 Å². The molecule has 4 rings (SSSR count). The highest BCUT2D eigenvalue weighted by molar-refractivity contribution is 7.15. The molecule has 4 aromatic rings. The van der Waals surface area contributed by atoms with Crippen molar-refractivity contribution in [1.82, 2.24) is 14.1 Å². The number of aryl methyl sites for hydroxylation is 1. The first-order valence-electron chi connectivity index (χ1n) is 9.85. The molecule has 6 nitrogen and oxygen atoms in total. The van der Waals surface area contributed by atoms with E-state index in [-0.39, 0.29) is 18.7 Å². The number of imidazole rings is 1. The number of halogens is 3. The Morgan fingerprint density at radius 1 is 1.09 bits per heavy atom. The average molecular weight is 460 g/mol. The van der Waals surface area contributed by atoms with Crippen LogP contribution in [0.1, 0.15) is 22.9 Å². The molecule has 0 aliphatic carbocycles. The molecule has 0 bridgehead atoms. The number of nitrogens with zero attached hydrogens (tertiary/aromatic N) is 3. The van der Waals surface area contributed by atoms with Crippen molar-refractivity contribution >= 4 is 33.4 Å². The van der Waals surface area contributed by atoms with Crippen LogP contribution in [0.4, 0.5) is 18.3 Å². The monoisotopic (exact) mass is 460 g/mol. The first-order valence-corrected chi connectivity index (χ1v) is 10.7. The predicted octanol–water partition coefficient (Wildman–Crippen LogP) is 4.53. The molecule has 0 radical (unpaired) electrons. The maximum Gasteiger partial charge on any atom is 0.416 e. The summed E-state index contributed by atoms with van der Waals surface area (Å²) in [6.45, 7) is 2.17. The molecule has 166 valence electrons. The zero-order chi connectivity index (χ0) is 22.9.